The van der Waals surface area contributed by atoms with E-state index in [1.54, 1.807) is 11.8 Å². The van der Waals surface area contributed by atoms with Crippen molar-refractivity contribution in [2.75, 3.05) is 19.6 Å². The number of azide groups is 1. The molecule has 0 saturated carbocycles. The number of rotatable bonds is 3. The Balaban J connectivity index is 2.41. The normalized spacial score (nSPS) is 23.0. The van der Waals surface area contributed by atoms with Gasteiger partial charge in [0.2, 0.25) is 5.91 Å². The minimum absolute atomic E-state index is 0.122. The molecule has 0 radical (unpaired) electrons. The van der Waals surface area contributed by atoms with Crippen molar-refractivity contribution in [3.8, 4) is 0 Å². The molecule has 1 fully saturated rings. The van der Waals surface area contributed by atoms with Crippen molar-refractivity contribution in [1.29, 1.82) is 0 Å². The summed E-state index contributed by atoms with van der Waals surface area (Å²) in [6.07, 6.45) is 0.437. The Bertz CT molecular complexity index is 260. The van der Waals surface area contributed by atoms with Crippen LogP contribution in [0.15, 0.2) is 5.11 Å². The monoisotopic (exact) mass is 198 g/mol. The number of likely N-dealkylation sites (tertiary alicyclic amines) is 1. The highest BCUT2D eigenvalue weighted by atomic mass is 16.3. The summed E-state index contributed by atoms with van der Waals surface area (Å²) in [5.41, 5.74) is 8.05. The van der Waals surface area contributed by atoms with Crippen molar-refractivity contribution in [3.05, 3.63) is 10.4 Å². The Morgan fingerprint density at radius 1 is 1.86 bits per heavy atom. The van der Waals surface area contributed by atoms with Gasteiger partial charge < -0.3 is 10.0 Å². The van der Waals surface area contributed by atoms with Crippen LogP contribution in [0.4, 0.5) is 0 Å². The smallest absolute Gasteiger partial charge is 0.228 e. The van der Waals surface area contributed by atoms with E-state index in [2.05, 4.69) is 10.0 Å². The molecule has 0 aromatic rings. The van der Waals surface area contributed by atoms with Crippen LogP contribution in [0.25, 0.3) is 10.4 Å². The van der Waals surface area contributed by atoms with Crippen molar-refractivity contribution in [2.24, 2.45) is 11.0 Å². The highest BCUT2D eigenvalue weighted by molar-refractivity contribution is 5.78. The molecule has 1 aliphatic heterocycles. The van der Waals surface area contributed by atoms with E-state index in [9.17, 15) is 9.90 Å². The molecule has 0 bridgehead atoms. The third-order valence-corrected chi connectivity index (χ3v) is 2.53. The van der Waals surface area contributed by atoms with Crippen LogP contribution in [-0.4, -0.2) is 41.7 Å². The van der Waals surface area contributed by atoms with Crippen LogP contribution in [0.2, 0.25) is 0 Å². The van der Waals surface area contributed by atoms with Gasteiger partial charge in [-0.05, 0) is 18.9 Å². The van der Waals surface area contributed by atoms with Crippen LogP contribution in [0.1, 0.15) is 13.3 Å². The number of aliphatic hydroxyl groups excluding tert-OH is 1. The third kappa shape index (κ3) is 2.61. The molecule has 1 rings (SSSR count). The van der Waals surface area contributed by atoms with Gasteiger partial charge in [0.05, 0.1) is 6.10 Å². The summed E-state index contributed by atoms with van der Waals surface area (Å²) in [5, 5.41) is 12.5. The molecule has 0 aromatic carbocycles. The zero-order valence-electron chi connectivity index (χ0n) is 8.13. The lowest BCUT2D eigenvalue weighted by atomic mass is 10.0. The zero-order chi connectivity index (χ0) is 10.6. The second kappa shape index (κ2) is 4.83. The first kappa shape index (κ1) is 10.8. The number of carbonyl (C=O) groups excluding carboxylic acids is 1. The molecule has 1 amide bonds. The lowest BCUT2D eigenvalue weighted by Gasteiger charge is -2.16. The predicted molar refractivity (Wildman–Crippen MR) is 50.4 cm³/mol. The summed E-state index contributed by atoms with van der Waals surface area (Å²) in [7, 11) is 0. The van der Waals surface area contributed by atoms with E-state index in [-0.39, 0.29) is 24.5 Å². The van der Waals surface area contributed by atoms with Crippen LogP contribution in [0.3, 0.4) is 0 Å². The molecule has 1 saturated heterocycles. The van der Waals surface area contributed by atoms with Gasteiger partial charge in [0.15, 0.2) is 0 Å². The van der Waals surface area contributed by atoms with Crippen molar-refractivity contribution < 1.29 is 9.90 Å². The van der Waals surface area contributed by atoms with E-state index < -0.39 is 0 Å². The maximum Gasteiger partial charge on any atom is 0.228 e. The molecule has 6 nitrogen and oxygen atoms in total. The lowest BCUT2D eigenvalue weighted by Crippen LogP contribution is -2.31. The largest absolute Gasteiger partial charge is 0.393 e. The summed E-state index contributed by atoms with van der Waals surface area (Å²) in [5.74, 6) is -0.00374. The van der Waals surface area contributed by atoms with E-state index in [4.69, 9.17) is 5.53 Å². The molecule has 78 valence electrons. The average Bonchev–Trinajstić information content (AvgIpc) is 2.62. The predicted octanol–water partition coefficient (Wildman–Crippen LogP) is 0.526. The Labute approximate surface area is 82.1 Å². The Kier molecular flexibility index (Phi) is 3.73. The van der Waals surface area contributed by atoms with Gasteiger partial charge in [0, 0.05) is 23.9 Å². The summed E-state index contributed by atoms with van der Waals surface area (Å²) in [4.78, 5) is 15.5. The highest BCUT2D eigenvalue weighted by Gasteiger charge is 2.28. The lowest BCUT2D eigenvalue weighted by molar-refractivity contribution is -0.128. The molecule has 0 aromatic heterocycles. The van der Waals surface area contributed by atoms with Crippen molar-refractivity contribution in [3.63, 3.8) is 0 Å². The van der Waals surface area contributed by atoms with E-state index in [0.29, 0.717) is 13.1 Å². The molecule has 1 heterocycles. The van der Waals surface area contributed by atoms with E-state index in [1.807, 2.05) is 0 Å². The fourth-order valence-electron chi connectivity index (χ4n) is 1.60. The average molecular weight is 198 g/mol. The van der Waals surface area contributed by atoms with Gasteiger partial charge in [-0.15, -0.1) is 0 Å². The number of hydrogen-bond acceptors (Lipinski definition) is 3. The summed E-state index contributed by atoms with van der Waals surface area (Å²) >= 11 is 0. The number of hydrogen-bond donors (Lipinski definition) is 1. The van der Waals surface area contributed by atoms with Crippen LogP contribution in [0.5, 0.6) is 0 Å². The summed E-state index contributed by atoms with van der Waals surface area (Å²) < 4.78 is 0. The van der Waals surface area contributed by atoms with Crippen LogP contribution in [-0.2, 0) is 4.79 Å². The number of carbonyl (C=O) groups is 1. The maximum atomic E-state index is 11.4. The number of nitrogens with zero attached hydrogens (tertiary/aromatic N) is 4. The van der Waals surface area contributed by atoms with Crippen molar-refractivity contribution in [2.45, 2.75) is 19.4 Å². The standard InChI is InChI=1S/C8H14N4O2/c1-6(13)7-2-3-12(5-7)8(14)4-10-11-9/h6-7,13H,2-5H2,1H3/t6-,7+/m0/s1. The van der Waals surface area contributed by atoms with Gasteiger partial charge in [0.1, 0.15) is 6.54 Å². The quantitative estimate of drug-likeness (QED) is 0.407. The first-order valence-corrected chi connectivity index (χ1v) is 4.62. The van der Waals surface area contributed by atoms with E-state index >= 15 is 0 Å². The Morgan fingerprint density at radius 2 is 2.57 bits per heavy atom. The molecular formula is C8H14N4O2. The summed E-state index contributed by atoms with van der Waals surface area (Å²) in [6.45, 7) is 2.82. The minimum Gasteiger partial charge on any atom is -0.393 e. The third-order valence-electron chi connectivity index (χ3n) is 2.53. The maximum absolute atomic E-state index is 11.4. The van der Waals surface area contributed by atoms with Gasteiger partial charge in [0.25, 0.3) is 0 Å². The number of aliphatic hydroxyl groups is 1. The molecule has 14 heavy (non-hydrogen) atoms. The molecule has 1 N–H and O–H groups in total. The first-order chi connectivity index (χ1) is 6.65. The van der Waals surface area contributed by atoms with Gasteiger partial charge in [-0.25, -0.2) is 0 Å². The topological polar surface area (TPSA) is 89.3 Å². The molecule has 1 aliphatic rings. The molecule has 6 heteroatoms. The van der Waals surface area contributed by atoms with E-state index in [0.717, 1.165) is 6.42 Å². The van der Waals surface area contributed by atoms with Crippen molar-refractivity contribution >= 4 is 5.91 Å². The van der Waals surface area contributed by atoms with Crippen LogP contribution in [0, 0.1) is 5.92 Å². The molecule has 0 unspecified atom stereocenters. The van der Waals surface area contributed by atoms with Gasteiger partial charge in [-0.3, -0.25) is 4.79 Å². The second-order valence-corrected chi connectivity index (χ2v) is 3.52. The fourth-order valence-corrected chi connectivity index (χ4v) is 1.60. The van der Waals surface area contributed by atoms with Crippen LogP contribution >= 0.6 is 0 Å². The number of amides is 1. The molecule has 2 atom stereocenters. The Hall–Kier alpha value is -1.26. The SMILES string of the molecule is C[C@H](O)[C@@H]1CCN(C(=O)CN=[N+]=[N-])C1. The Morgan fingerprint density at radius 3 is 3.07 bits per heavy atom. The fraction of sp³-hybridized carbons (Fsp3) is 0.875. The second-order valence-electron chi connectivity index (χ2n) is 3.52. The van der Waals surface area contributed by atoms with Crippen LogP contribution < -0.4 is 0 Å². The molecular weight excluding hydrogens is 184 g/mol. The first-order valence-electron chi connectivity index (χ1n) is 4.62. The van der Waals surface area contributed by atoms with Gasteiger partial charge in [-0.1, -0.05) is 5.11 Å². The van der Waals surface area contributed by atoms with E-state index in [1.165, 1.54) is 0 Å². The van der Waals surface area contributed by atoms with Gasteiger partial charge >= 0.3 is 0 Å². The highest BCUT2D eigenvalue weighted by Crippen LogP contribution is 2.19. The minimum atomic E-state index is -0.382. The summed E-state index contributed by atoms with van der Waals surface area (Å²) in [6, 6.07) is 0. The van der Waals surface area contributed by atoms with Gasteiger partial charge in [-0.2, -0.15) is 0 Å². The molecule has 0 spiro atoms. The molecule has 0 aliphatic carbocycles. The van der Waals surface area contributed by atoms with Crippen molar-refractivity contribution in [1.82, 2.24) is 4.90 Å². The zero-order valence-corrected chi connectivity index (χ0v) is 8.13.